The summed E-state index contributed by atoms with van der Waals surface area (Å²) in [5.74, 6) is 0. The lowest BCUT2D eigenvalue weighted by Gasteiger charge is -2.34. The van der Waals surface area contributed by atoms with E-state index in [1.165, 1.54) is 16.4 Å². The van der Waals surface area contributed by atoms with Gasteiger partial charge in [0.15, 0.2) is 0 Å². The largest absolute Gasteiger partial charge is 0.423 e. The predicted octanol–water partition coefficient (Wildman–Crippen LogP) is 3.91. The summed E-state index contributed by atoms with van der Waals surface area (Å²) >= 11 is 12.2. The van der Waals surface area contributed by atoms with Crippen LogP contribution in [0.5, 0.6) is 0 Å². The van der Waals surface area contributed by atoms with E-state index in [0.29, 0.717) is 48.4 Å². The zero-order valence-electron chi connectivity index (χ0n) is 16.3. The topological polar surface area (TPSA) is 70.8 Å². The van der Waals surface area contributed by atoms with Gasteiger partial charge in [0.25, 0.3) is 0 Å². The van der Waals surface area contributed by atoms with E-state index < -0.39 is 15.6 Å². The molecule has 1 aromatic heterocycles. The first-order valence-corrected chi connectivity index (χ1v) is 11.6. The van der Waals surface area contributed by atoms with Gasteiger partial charge in [-0.2, -0.15) is 4.31 Å². The minimum Gasteiger partial charge on any atom is -0.423 e. The van der Waals surface area contributed by atoms with Crippen molar-refractivity contribution in [2.75, 3.05) is 26.2 Å². The van der Waals surface area contributed by atoms with E-state index in [-0.39, 0.29) is 4.90 Å². The first-order chi connectivity index (χ1) is 14.2. The second-order valence-corrected chi connectivity index (χ2v) is 10.1. The molecule has 0 spiro atoms. The van der Waals surface area contributed by atoms with Crippen molar-refractivity contribution in [2.45, 2.75) is 18.4 Å². The minimum absolute atomic E-state index is 0.195. The summed E-state index contributed by atoms with van der Waals surface area (Å²) in [5.41, 5.74) is 1.74. The number of benzene rings is 2. The summed E-state index contributed by atoms with van der Waals surface area (Å²) in [5, 5.41) is 1.78. The average Bonchev–Trinajstić information content (AvgIpc) is 2.70. The van der Waals surface area contributed by atoms with Gasteiger partial charge in [0, 0.05) is 54.2 Å². The van der Waals surface area contributed by atoms with Crippen LogP contribution in [0.25, 0.3) is 11.0 Å². The third-order valence-electron chi connectivity index (χ3n) is 5.27. The molecule has 1 aliphatic rings. The van der Waals surface area contributed by atoms with Gasteiger partial charge in [-0.25, -0.2) is 13.2 Å². The molecule has 9 heteroatoms. The molecule has 0 radical (unpaired) electrons. The van der Waals surface area contributed by atoms with Gasteiger partial charge in [0.1, 0.15) is 5.58 Å². The Morgan fingerprint density at radius 3 is 2.47 bits per heavy atom. The van der Waals surface area contributed by atoms with Crippen LogP contribution >= 0.6 is 23.2 Å². The van der Waals surface area contributed by atoms with E-state index in [4.69, 9.17) is 27.6 Å². The molecule has 0 saturated carbocycles. The van der Waals surface area contributed by atoms with Crippen LogP contribution in [0.4, 0.5) is 0 Å². The number of halogens is 2. The molecule has 158 valence electrons. The smallest absolute Gasteiger partial charge is 0.336 e. The number of rotatable bonds is 4. The molecule has 2 heterocycles. The molecule has 2 aromatic carbocycles. The zero-order valence-corrected chi connectivity index (χ0v) is 18.6. The average molecular weight is 467 g/mol. The van der Waals surface area contributed by atoms with E-state index in [1.54, 1.807) is 24.3 Å². The monoisotopic (exact) mass is 466 g/mol. The van der Waals surface area contributed by atoms with E-state index >= 15 is 0 Å². The second-order valence-electron chi connectivity index (χ2n) is 7.33. The van der Waals surface area contributed by atoms with Crippen molar-refractivity contribution in [3.05, 3.63) is 74.1 Å². The standard InChI is InChI=1S/C21H20Cl2N2O4S/c1-14-9-20-18(12-19(14)23)15(10-21(26)29-20)13-24-5-7-25(8-6-24)30(27,28)17-4-2-3-16(22)11-17/h2-4,9-12H,5-8,13H2,1H3. The zero-order chi connectivity index (χ0) is 21.5. The number of fused-ring (bicyclic) bond motifs is 1. The highest BCUT2D eigenvalue weighted by Crippen LogP contribution is 2.27. The maximum absolute atomic E-state index is 12.9. The molecule has 0 amide bonds. The Kier molecular flexibility index (Phi) is 5.92. The third kappa shape index (κ3) is 4.26. The molecule has 0 aliphatic carbocycles. The molecule has 30 heavy (non-hydrogen) atoms. The van der Waals surface area contributed by atoms with Gasteiger partial charge in [-0.1, -0.05) is 29.3 Å². The maximum Gasteiger partial charge on any atom is 0.336 e. The van der Waals surface area contributed by atoms with E-state index in [0.717, 1.165) is 16.5 Å². The molecular formula is C21H20Cl2N2O4S. The fourth-order valence-corrected chi connectivity index (χ4v) is 5.51. The molecule has 1 fully saturated rings. The summed E-state index contributed by atoms with van der Waals surface area (Å²) in [4.78, 5) is 14.3. The number of aryl methyl sites for hydroxylation is 1. The SMILES string of the molecule is Cc1cc2oc(=O)cc(CN3CCN(S(=O)(=O)c4cccc(Cl)c4)CC3)c2cc1Cl. The fourth-order valence-electron chi connectivity index (χ4n) is 3.62. The molecule has 6 nitrogen and oxygen atoms in total. The number of sulfonamides is 1. The lowest BCUT2D eigenvalue weighted by molar-refractivity contribution is 0.182. The van der Waals surface area contributed by atoms with Gasteiger partial charge in [-0.3, -0.25) is 4.90 Å². The van der Waals surface area contributed by atoms with Crippen molar-refractivity contribution in [3.8, 4) is 0 Å². The minimum atomic E-state index is -3.59. The lowest BCUT2D eigenvalue weighted by Crippen LogP contribution is -2.48. The van der Waals surface area contributed by atoms with Crippen molar-refractivity contribution < 1.29 is 12.8 Å². The van der Waals surface area contributed by atoms with Crippen molar-refractivity contribution in [1.82, 2.24) is 9.21 Å². The lowest BCUT2D eigenvalue weighted by atomic mass is 10.1. The Hall–Kier alpha value is -1.90. The molecule has 0 N–H and O–H groups in total. The van der Waals surface area contributed by atoms with E-state index in [9.17, 15) is 13.2 Å². The van der Waals surface area contributed by atoms with Crippen molar-refractivity contribution in [1.29, 1.82) is 0 Å². The summed E-state index contributed by atoms with van der Waals surface area (Å²) < 4.78 is 32.5. The molecule has 4 rings (SSSR count). The van der Waals surface area contributed by atoms with Gasteiger partial charge >= 0.3 is 5.63 Å². The van der Waals surface area contributed by atoms with Crippen LogP contribution in [0.1, 0.15) is 11.1 Å². The van der Waals surface area contributed by atoms with Gasteiger partial charge in [-0.15, -0.1) is 0 Å². The summed E-state index contributed by atoms with van der Waals surface area (Å²) in [7, 11) is -3.59. The fraction of sp³-hybridized carbons (Fsp3) is 0.286. The van der Waals surface area contributed by atoms with Crippen LogP contribution in [-0.4, -0.2) is 43.8 Å². The number of piperazine rings is 1. The van der Waals surface area contributed by atoms with Gasteiger partial charge < -0.3 is 4.42 Å². The van der Waals surface area contributed by atoms with Crippen molar-refractivity contribution in [2.24, 2.45) is 0 Å². The summed E-state index contributed by atoms with van der Waals surface area (Å²) in [6.07, 6.45) is 0. The van der Waals surface area contributed by atoms with Crippen molar-refractivity contribution in [3.63, 3.8) is 0 Å². The second kappa shape index (κ2) is 8.32. The van der Waals surface area contributed by atoms with E-state index in [1.807, 2.05) is 13.0 Å². The van der Waals surface area contributed by atoms with Crippen LogP contribution in [-0.2, 0) is 16.6 Å². The Bertz CT molecular complexity index is 1270. The van der Waals surface area contributed by atoms with Crippen LogP contribution in [0.3, 0.4) is 0 Å². The van der Waals surface area contributed by atoms with Gasteiger partial charge in [-0.05, 0) is 48.4 Å². The Morgan fingerprint density at radius 2 is 1.77 bits per heavy atom. The highest BCUT2D eigenvalue weighted by Gasteiger charge is 2.29. The summed E-state index contributed by atoms with van der Waals surface area (Å²) in [6, 6.07) is 11.3. The van der Waals surface area contributed by atoms with Crippen LogP contribution in [0.15, 0.2) is 56.6 Å². The molecule has 3 aromatic rings. The van der Waals surface area contributed by atoms with Gasteiger partial charge in [0.05, 0.1) is 4.90 Å². The number of nitrogens with zero attached hydrogens (tertiary/aromatic N) is 2. The highest BCUT2D eigenvalue weighted by molar-refractivity contribution is 7.89. The third-order valence-corrected chi connectivity index (χ3v) is 7.81. The Morgan fingerprint density at radius 1 is 1.03 bits per heavy atom. The molecule has 1 saturated heterocycles. The van der Waals surface area contributed by atoms with Crippen molar-refractivity contribution >= 4 is 44.2 Å². The van der Waals surface area contributed by atoms with Crippen LogP contribution < -0.4 is 5.63 Å². The van der Waals surface area contributed by atoms with E-state index in [2.05, 4.69) is 4.90 Å². The van der Waals surface area contributed by atoms with Crippen LogP contribution in [0, 0.1) is 6.92 Å². The first kappa shape index (κ1) is 21.3. The van der Waals surface area contributed by atoms with Gasteiger partial charge in [0.2, 0.25) is 10.0 Å². The number of hydrogen-bond donors (Lipinski definition) is 0. The summed E-state index contributed by atoms with van der Waals surface area (Å²) in [6.45, 7) is 4.16. The molecule has 0 atom stereocenters. The molecule has 0 unspecified atom stereocenters. The quantitative estimate of drug-likeness (QED) is 0.545. The van der Waals surface area contributed by atoms with Crippen LogP contribution in [0.2, 0.25) is 10.0 Å². The first-order valence-electron chi connectivity index (χ1n) is 9.45. The maximum atomic E-state index is 12.9. The predicted molar refractivity (Wildman–Crippen MR) is 118 cm³/mol. The molecule has 1 aliphatic heterocycles. The normalized spacial score (nSPS) is 16.2. The molecular weight excluding hydrogens is 447 g/mol. The highest BCUT2D eigenvalue weighted by atomic mass is 35.5. The Labute approximate surface area is 184 Å². The Balaban J connectivity index is 1.52. The molecule has 0 bridgehead atoms. The number of hydrogen-bond acceptors (Lipinski definition) is 5.